The van der Waals surface area contributed by atoms with E-state index in [2.05, 4.69) is 59.2 Å². The number of para-hydroxylation sites is 4. The van der Waals surface area contributed by atoms with Crippen molar-refractivity contribution in [3.05, 3.63) is 121 Å². The van der Waals surface area contributed by atoms with Gasteiger partial charge in [0.1, 0.15) is 11.7 Å². The Morgan fingerprint density at radius 2 is 0.711 bits per heavy atom. The Labute approximate surface area is 227 Å². The van der Waals surface area contributed by atoms with Crippen molar-refractivity contribution >= 4 is 34.4 Å². The third-order valence-electron chi connectivity index (χ3n) is 6.24. The minimum Gasteiger partial charge on any atom is -0.344 e. The molecule has 0 spiro atoms. The number of rotatable bonds is 13. The molecule has 2 N–H and O–H groups in total. The van der Waals surface area contributed by atoms with Gasteiger partial charge in [0.25, 0.3) is 0 Å². The molecule has 0 fully saturated rings. The quantitative estimate of drug-likeness (QED) is 0.109. The molecule has 0 unspecified atom stereocenters. The first-order valence-corrected chi connectivity index (χ1v) is 13.7. The molecule has 0 saturated carbocycles. The summed E-state index contributed by atoms with van der Waals surface area (Å²) < 4.78 is 0. The van der Waals surface area contributed by atoms with Crippen molar-refractivity contribution in [2.75, 3.05) is 10.6 Å². The highest BCUT2D eigenvalue weighted by Gasteiger charge is 2.04. The third-order valence-corrected chi connectivity index (χ3v) is 6.24. The monoisotopic (exact) mass is 502 g/mol. The third kappa shape index (κ3) is 10.1. The Balaban J connectivity index is 1.20. The molecular formula is C34H38N4. The van der Waals surface area contributed by atoms with Crippen LogP contribution in [0.4, 0.5) is 22.7 Å². The molecule has 4 heteroatoms. The zero-order valence-electron chi connectivity index (χ0n) is 22.1. The van der Waals surface area contributed by atoms with E-state index in [9.17, 15) is 0 Å². The summed E-state index contributed by atoms with van der Waals surface area (Å²) in [6, 6.07) is 41.0. The fourth-order valence-electron chi connectivity index (χ4n) is 4.28. The van der Waals surface area contributed by atoms with Gasteiger partial charge in [0.05, 0.1) is 11.4 Å². The van der Waals surface area contributed by atoms with Crippen molar-refractivity contribution in [2.24, 2.45) is 9.98 Å². The zero-order chi connectivity index (χ0) is 26.1. The zero-order valence-corrected chi connectivity index (χ0v) is 22.1. The average molecular weight is 503 g/mol. The van der Waals surface area contributed by atoms with Gasteiger partial charge >= 0.3 is 0 Å². The predicted molar refractivity (Wildman–Crippen MR) is 164 cm³/mol. The first kappa shape index (κ1) is 26.9. The van der Waals surface area contributed by atoms with Gasteiger partial charge in [-0.3, -0.25) is 0 Å². The van der Waals surface area contributed by atoms with Crippen molar-refractivity contribution in [1.82, 2.24) is 0 Å². The Morgan fingerprint density at radius 3 is 1.08 bits per heavy atom. The van der Waals surface area contributed by atoms with Gasteiger partial charge in [-0.05, 0) is 61.4 Å². The second kappa shape index (κ2) is 15.8. The number of amidine groups is 2. The molecule has 4 nitrogen and oxygen atoms in total. The van der Waals surface area contributed by atoms with Crippen molar-refractivity contribution in [1.29, 1.82) is 0 Å². The molecule has 4 aromatic rings. The number of nitrogens with zero attached hydrogens (tertiary/aromatic N) is 2. The predicted octanol–water partition coefficient (Wildman–Crippen LogP) is 9.79. The van der Waals surface area contributed by atoms with Gasteiger partial charge in [-0.1, -0.05) is 98.5 Å². The summed E-state index contributed by atoms with van der Waals surface area (Å²) >= 11 is 0. The summed E-state index contributed by atoms with van der Waals surface area (Å²) in [7, 11) is 0. The Morgan fingerprint density at radius 1 is 0.395 bits per heavy atom. The van der Waals surface area contributed by atoms with E-state index < -0.39 is 0 Å². The van der Waals surface area contributed by atoms with E-state index >= 15 is 0 Å². The molecule has 0 aliphatic heterocycles. The minimum atomic E-state index is 0.943. The van der Waals surface area contributed by atoms with Crippen molar-refractivity contribution in [3.63, 3.8) is 0 Å². The molecule has 0 heterocycles. The second-order valence-corrected chi connectivity index (χ2v) is 9.39. The lowest BCUT2D eigenvalue weighted by Gasteiger charge is -2.11. The van der Waals surface area contributed by atoms with Gasteiger partial charge in [0.15, 0.2) is 0 Å². The lowest BCUT2D eigenvalue weighted by Crippen LogP contribution is -2.12. The van der Waals surface area contributed by atoms with Gasteiger partial charge in [0, 0.05) is 24.2 Å². The van der Waals surface area contributed by atoms with Gasteiger partial charge in [-0.2, -0.15) is 0 Å². The SMILES string of the molecule is c1ccc(/N=C(/CCCCCCCC/C(=N/c2ccccc2)Nc2ccccc2)Nc2ccccc2)cc1. The normalized spacial score (nSPS) is 11.8. The average Bonchev–Trinajstić information content (AvgIpc) is 2.96. The van der Waals surface area contributed by atoms with Crippen LogP contribution in [-0.4, -0.2) is 11.7 Å². The fraction of sp³-hybridized carbons (Fsp3) is 0.235. The first-order chi connectivity index (χ1) is 18.8. The molecular weight excluding hydrogens is 464 g/mol. The molecule has 4 rings (SSSR count). The molecule has 38 heavy (non-hydrogen) atoms. The summed E-state index contributed by atoms with van der Waals surface area (Å²) in [6.45, 7) is 0. The largest absolute Gasteiger partial charge is 0.344 e. The molecule has 4 aromatic carbocycles. The number of aliphatic imine (C=N–C) groups is 2. The van der Waals surface area contributed by atoms with E-state index in [4.69, 9.17) is 9.98 Å². The van der Waals surface area contributed by atoms with Crippen LogP contribution in [0.3, 0.4) is 0 Å². The highest BCUT2D eigenvalue weighted by atomic mass is 15.0. The smallest absolute Gasteiger partial charge is 0.107 e. The molecule has 0 aliphatic carbocycles. The van der Waals surface area contributed by atoms with E-state index in [1.54, 1.807) is 0 Å². The van der Waals surface area contributed by atoms with Gasteiger partial charge in [-0.15, -0.1) is 0 Å². The standard InChI is InChI=1S/C34H38N4/c1(3-17-27-33(35-29-19-9-5-10-20-29)36-30-21-11-6-12-22-30)2-4-18-28-34(37-31-23-13-7-14-24-31)38-32-25-15-8-16-26-32/h5-16,19-26H,1-4,17-18,27-28H2,(H,35,36)(H,37,38). The second-order valence-electron chi connectivity index (χ2n) is 9.39. The lowest BCUT2D eigenvalue weighted by molar-refractivity contribution is 0.607. The Bertz CT molecular complexity index is 1140. The highest BCUT2D eigenvalue weighted by Crippen LogP contribution is 2.18. The number of hydrogen-bond acceptors (Lipinski definition) is 2. The summed E-state index contributed by atoms with van der Waals surface area (Å²) in [4.78, 5) is 9.75. The van der Waals surface area contributed by atoms with Crippen molar-refractivity contribution in [3.8, 4) is 0 Å². The van der Waals surface area contributed by atoms with Gasteiger partial charge < -0.3 is 10.6 Å². The maximum Gasteiger partial charge on any atom is 0.107 e. The maximum absolute atomic E-state index is 4.87. The maximum atomic E-state index is 4.87. The molecule has 0 atom stereocenters. The van der Waals surface area contributed by atoms with Gasteiger partial charge in [0.2, 0.25) is 0 Å². The van der Waals surface area contributed by atoms with Crippen LogP contribution in [-0.2, 0) is 0 Å². The van der Waals surface area contributed by atoms with Crippen LogP contribution in [0.2, 0.25) is 0 Å². The Kier molecular flexibility index (Phi) is 11.2. The number of unbranched alkanes of at least 4 members (excludes halogenated alkanes) is 5. The molecule has 0 bridgehead atoms. The van der Waals surface area contributed by atoms with E-state index in [1.165, 1.54) is 25.7 Å². The number of nitrogens with one attached hydrogen (secondary N) is 2. The van der Waals surface area contributed by atoms with Crippen LogP contribution < -0.4 is 10.6 Å². The van der Waals surface area contributed by atoms with Crippen LogP contribution in [0.15, 0.2) is 131 Å². The summed E-state index contributed by atoms with van der Waals surface area (Å²) in [5.74, 6) is 2.05. The molecule has 0 amide bonds. The number of hydrogen-bond donors (Lipinski definition) is 2. The van der Waals surface area contributed by atoms with Crippen LogP contribution in [0.1, 0.15) is 51.4 Å². The number of anilines is 2. The van der Waals surface area contributed by atoms with Crippen LogP contribution in [0.25, 0.3) is 0 Å². The van der Waals surface area contributed by atoms with Crippen LogP contribution in [0.5, 0.6) is 0 Å². The molecule has 0 aromatic heterocycles. The molecule has 0 aliphatic rings. The van der Waals surface area contributed by atoms with Crippen molar-refractivity contribution in [2.45, 2.75) is 51.4 Å². The molecule has 0 radical (unpaired) electrons. The molecule has 0 saturated heterocycles. The first-order valence-electron chi connectivity index (χ1n) is 13.7. The van der Waals surface area contributed by atoms with E-state index in [0.717, 1.165) is 60.1 Å². The lowest BCUT2D eigenvalue weighted by atomic mass is 10.1. The summed E-state index contributed by atoms with van der Waals surface area (Å²) in [5.41, 5.74) is 4.14. The Hall–Kier alpha value is -4.18. The topological polar surface area (TPSA) is 48.8 Å². The van der Waals surface area contributed by atoms with E-state index in [-0.39, 0.29) is 0 Å². The van der Waals surface area contributed by atoms with Gasteiger partial charge in [-0.25, -0.2) is 9.98 Å². The highest BCUT2D eigenvalue weighted by molar-refractivity contribution is 5.97. The minimum absolute atomic E-state index is 0.943. The fourth-order valence-corrected chi connectivity index (χ4v) is 4.28. The van der Waals surface area contributed by atoms with Crippen molar-refractivity contribution < 1.29 is 0 Å². The van der Waals surface area contributed by atoms with Crippen LogP contribution in [0, 0.1) is 0 Å². The number of benzene rings is 4. The van der Waals surface area contributed by atoms with E-state index in [1.807, 2.05) is 72.8 Å². The van der Waals surface area contributed by atoms with Crippen LogP contribution >= 0.6 is 0 Å². The summed E-state index contributed by atoms with van der Waals surface area (Å²) in [5, 5.41) is 7.04. The van der Waals surface area contributed by atoms with E-state index in [0.29, 0.717) is 0 Å². The summed E-state index contributed by atoms with van der Waals surface area (Å²) in [6.07, 6.45) is 9.03. The molecule has 194 valence electrons.